The summed E-state index contributed by atoms with van der Waals surface area (Å²) in [5, 5.41) is 4.62. The van der Waals surface area contributed by atoms with Gasteiger partial charge in [-0.2, -0.15) is 0 Å². The number of hydrogen-bond donors (Lipinski definition) is 2. The first-order chi connectivity index (χ1) is 10.1. The Bertz CT molecular complexity index is 765. The number of aromatic amines is 1. The third kappa shape index (κ3) is 3.77. The second kappa shape index (κ2) is 6.36. The van der Waals surface area contributed by atoms with Gasteiger partial charge in [0.25, 0.3) is 0 Å². The van der Waals surface area contributed by atoms with E-state index in [-0.39, 0.29) is 0 Å². The van der Waals surface area contributed by atoms with Crippen molar-refractivity contribution in [1.82, 2.24) is 15.3 Å². The maximum Gasteiger partial charge on any atom is 0.121 e. The highest BCUT2D eigenvalue weighted by molar-refractivity contribution is 9.10. The average Bonchev–Trinajstić information content (AvgIpc) is 2.79. The highest BCUT2D eigenvalue weighted by Crippen LogP contribution is 2.19. The third-order valence-corrected chi connectivity index (χ3v) is 3.97. The van der Waals surface area contributed by atoms with E-state index in [0.29, 0.717) is 23.1 Å². The summed E-state index contributed by atoms with van der Waals surface area (Å²) in [4.78, 5) is 7.82. The van der Waals surface area contributed by atoms with Crippen LogP contribution in [0.25, 0.3) is 11.0 Å². The summed E-state index contributed by atoms with van der Waals surface area (Å²) in [7, 11) is 0. The quantitative estimate of drug-likeness (QED) is 0.670. The summed E-state index contributed by atoms with van der Waals surface area (Å²) in [6, 6.07) is 11.5. The molecule has 0 aliphatic heterocycles. The van der Waals surface area contributed by atoms with Gasteiger partial charge < -0.3 is 10.3 Å². The zero-order valence-corrected chi connectivity index (χ0v) is 14.1. The summed E-state index contributed by atoms with van der Waals surface area (Å²) in [5.41, 5.74) is 3.03. The van der Waals surface area contributed by atoms with Gasteiger partial charge in [-0.25, -0.2) is 4.98 Å². The molecule has 3 rings (SSSR count). The van der Waals surface area contributed by atoms with Crippen LogP contribution in [-0.2, 0) is 13.1 Å². The van der Waals surface area contributed by atoms with Crippen molar-refractivity contribution in [1.29, 1.82) is 0 Å². The van der Waals surface area contributed by atoms with Crippen molar-refractivity contribution in [2.45, 2.75) is 13.1 Å². The molecular formula is C15H12BrCl2N3. The van der Waals surface area contributed by atoms with Crippen molar-refractivity contribution in [3.05, 3.63) is 62.3 Å². The zero-order valence-electron chi connectivity index (χ0n) is 11.0. The monoisotopic (exact) mass is 383 g/mol. The van der Waals surface area contributed by atoms with Crippen LogP contribution in [0.1, 0.15) is 11.4 Å². The van der Waals surface area contributed by atoms with Gasteiger partial charge in [0.2, 0.25) is 0 Å². The Labute approximate surface area is 140 Å². The van der Waals surface area contributed by atoms with E-state index < -0.39 is 0 Å². The molecule has 1 heterocycles. The van der Waals surface area contributed by atoms with Crippen molar-refractivity contribution in [2.24, 2.45) is 0 Å². The summed E-state index contributed by atoms with van der Waals surface area (Å²) >= 11 is 15.4. The Hall–Kier alpha value is -1.07. The molecular weight excluding hydrogens is 373 g/mol. The van der Waals surface area contributed by atoms with Crippen LogP contribution in [0.3, 0.4) is 0 Å². The largest absolute Gasteiger partial charge is 0.341 e. The molecule has 0 fully saturated rings. The van der Waals surface area contributed by atoms with E-state index in [1.54, 1.807) is 6.07 Å². The Morgan fingerprint density at radius 2 is 1.81 bits per heavy atom. The van der Waals surface area contributed by atoms with Crippen LogP contribution in [0.2, 0.25) is 10.0 Å². The van der Waals surface area contributed by atoms with E-state index in [4.69, 9.17) is 23.2 Å². The fourth-order valence-corrected chi connectivity index (χ4v) is 3.07. The number of aromatic nitrogens is 2. The first-order valence-electron chi connectivity index (χ1n) is 6.40. The van der Waals surface area contributed by atoms with Gasteiger partial charge in [0, 0.05) is 21.1 Å². The molecule has 21 heavy (non-hydrogen) atoms. The zero-order chi connectivity index (χ0) is 14.8. The van der Waals surface area contributed by atoms with E-state index >= 15 is 0 Å². The van der Waals surface area contributed by atoms with Crippen molar-refractivity contribution in [3.63, 3.8) is 0 Å². The second-order valence-corrected chi connectivity index (χ2v) is 6.51. The molecule has 0 bridgehead atoms. The molecule has 3 aromatic rings. The molecule has 6 heteroatoms. The molecule has 0 aliphatic carbocycles. The Morgan fingerprint density at radius 1 is 1.05 bits per heavy atom. The van der Waals surface area contributed by atoms with Gasteiger partial charge >= 0.3 is 0 Å². The van der Waals surface area contributed by atoms with Crippen molar-refractivity contribution in [3.8, 4) is 0 Å². The molecule has 0 aliphatic rings. The molecule has 3 nitrogen and oxygen atoms in total. The molecule has 2 N–H and O–H groups in total. The second-order valence-electron chi connectivity index (χ2n) is 4.73. The summed E-state index contributed by atoms with van der Waals surface area (Å²) in [5.74, 6) is 0.899. The lowest BCUT2D eigenvalue weighted by Crippen LogP contribution is -2.13. The number of halogens is 3. The molecule has 0 saturated heterocycles. The van der Waals surface area contributed by atoms with Crippen LogP contribution in [-0.4, -0.2) is 9.97 Å². The normalized spacial score (nSPS) is 11.2. The van der Waals surface area contributed by atoms with Gasteiger partial charge in [0.05, 0.1) is 17.6 Å². The number of fused-ring (bicyclic) bond motifs is 1. The van der Waals surface area contributed by atoms with Crippen LogP contribution >= 0.6 is 39.1 Å². The fraction of sp³-hybridized carbons (Fsp3) is 0.133. The number of nitrogens with one attached hydrogen (secondary N) is 2. The van der Waals surface area contributed by atoms with E-state index in [0.717, 1.165) is 26.9 Å². The Balaban J connectivity index is 1.66. The van der Waals surface area contributed by atoms with Crippen LogP contribution < -0.4 is 5.32 Å². The molecule has 2 aromatic carbocycles. The molecule has 0 atom stereocenters. The Kier molecular flexibility index (Phi) is 4.50. The third-order valence-electron chi connectivity index (χ3n) is 3.04. The minimum absolute atomic E-state index is 0.646. The number of imidazole rings is 1. The van der Waals surface area contributed by atoms with Gasteiger partial charge in [-0.05, 0) is 42.0 Å². The van der Waals surface area contributed by atoms with Crippen molar-refractivity contribution in [2.75, 3.05) is 0 Å². The standard InChI is InChI=1S/C15H12BrCl2N3/c16-10-1-2-13-14(5-10)21-15(20-13)8-19-7-9-3-11(17)6-12(18)4-9/h1-6,19H,7-8H2,(H,20,21). The first kappa shape index (κ1) is 14.9. The molecule has 0 radical (unpaired) electrons. The molecule has 0 unspecified atom stereocenters. The van der Waals surface area contributed by atoms with Crippen LogP contribution in [0.5, 0.6) is 0 Å². The molecule has 108 valence electrons. The maximum absolute atomic E-state index is 5.98. The van der Waals surface area contributed by atoms with Gasteiger partial charge in [0.15, 0.2) is 0 Å². The number of H-pyrrole nitrogens is 1. The highest BCUT2D eigenvalue weighted by Gasteiger charge is 2.03. The minimum Gasteiger partial charge on any atom is -0.341 e. The van der Waals surface area contributed by atoms with E-state index in [1.165, 1.54) is 0 Å². The van der Waals surface area contributed by atoms with Gasteiger partial charge in [-0.3, -0.25) is 0 Å². The topological polar surface area (TPSA) is 40.7 Å². The smallest absolute Gasteiger partial charge is 0.121 e. The lowest BCUT2D eigenvalue weighted by atomic mass is 10.2. The van der Waals surface area contributed by atoms with E-state index in [9.17, 15) is 0 Å². The Morgan fingerprint density at radius 3 is 2.57 bits per heavy atom. The lowest BCUT2D eigenvalue weighted by Gasteiger charge is -2.04. The molecule has 0 saturated carbocycles. The average molecular weight is 385 g/mol. The predicted molar refractivity (Wildman–Crippen MR) is 90.8 cm³/mol. The first-order valence-corrected chi connectivity index (χ1v) is 7.95. The minimum atomic E-state index is 0.646. The van der Waals surface area contributed by atoms with E-state index in [1.807, 2.05) is 30.3 Å². The number of hydrogen-bond acceptors (Lipinski definition) is 2. The van der Waals surface area contributed by atoms with Crippen LogP contribution in [0.15, 0.2) is 40.9 Å². The summed E-state index contributed by atoms with van der Waals surface area (Å²) in [6.45, 7) is 1.33. The lowest BCUT2D eigenvalue weighted by molar-refractivity contribution is 0.670. The van der Waals surface area contributed by atoms with Gasteiger partial charge in [-0.1, -0.05) is 39.1 Å². The van der Waals surface area contributed by atoms with Gasteiger partial charge in [-0.15, -0.1) is 0 Å². The van der Waals surface area contributed by atoms with Gasteiger partial charge in [0.1, 0.15) is 5.82 Å². The highest BCUT2D eigenvalue weighted by atomic mass is 79.9. The van der Waals surface area contributed by atoms with Crippen molar-refractivity contribution >= 4 is 50.2 Å². The maximum atomic E-state index is 5.98. The summed E-state index contributed by atoms with van der Waals surface area (Å²) < 4.78 is 1.02. The fourth-order valence-electron chi connectivity index (χ4n) is 2.15. The molecule has 1 aromatic heterocycles. The van der Waals surface area contributed by atoms with Crippen LogP contribution in [0, 0.1) is 0 Å². The van der Waals surface area contributed by atoms with E-state index in [2.05, 4.69) is 31.2 Å². The number of rotatable bonds is 4. The molecule has 0 amide bonds. The van der Waals surface area contributed by atoms with Crippen LogP contribution in [0.4, 0.5) is 0 Å². The predicted octanol–water partition coefficient (Wildman–Crippen LogP) is 4.92. The number of nitrogens with zero attached hydrogens (tertiary/aromatic N) is 1. The summed E-state index contributed by atoms with van der Waals surface area (Å²) in [6.07, 6.45) is 0. The number of benzene rings is 2. The SMILES string of the molecule is Clc1cc(Cl)cc(CNCc2nc3cc(Br)ccc3[nH]2)c1. The van der Waals surface area contributed by atoms with Crippen molar-refractivity contribution < 1.29 is 0 Å². The molecule has 0 spiro atoms.